The molecular weight excluding hydrogens is 244 g/mol. The number of hydrogen-bond acceptors (Lipinski definition) is 6. The van der Waals surface area contributed by atoms with Gasteiger partial charge in [0.25, 0.3) is 5.56 Å². The number of aromatic amines is 1. The highest BCUT2D eigenvalue weighted by molar-refractivity contribution is 6.99. The van der Waals surface area contributed by atoms with Crippen LogP contribution in [0.5, 0.6) is 0 Å². The van der Waals surface area contributed by atoms with Gasteiger partial charge in [0.1, 0.15) is 11.5 Å². The first-order chi connectivity index (χ1) is 7.96. The van der Waals surface area contributed by atoms with Crippen LogP contribution in [0, 0.1) is 0 Å². The van der Waals surface area contributed by atoms with Crippen LogP contribution in [0.25, 0.3) is 0 Å². The van der Waals surface area contributed by atoms with Crippen LogP contribution in [0.15, 0.2) is 16.6 Å². The first-order valence-corrected chi connectivity index (χ1v) is 5.89. The summed E-state index contributed by atoms with van der Waals surface area (Å²) in [5, 5.41) is 0. The quantitative estimate of drug-likeness (QED) is 0.814. The number of nitrogens with one attached hydrogen (secondary N) is 1. The van der Waals surface area contributed by atoms with Gasteiger partial charge in [0.15, 0.2) is 0 Å². The predicted octanol–water partition coefficient (Wildman–Crippen LogP) is 0.957. The van der Waals surface area contributed by atoms with E-state index in [0.717, 1.165) is 11.7 Å². The van der Waals surface area contributed by atoms with Gasteiger partial charge in [-0.3, -0.25) is 9.17 Å². The normalized spacial score (nSPS) is 18.2. The van der Waals surface area contributed by atoms with Gasteiger partial charge in [-0.1, -0.05) is 0 Å². The van der Waals surface area contributed by atoms with Crippen molar-refractivity contribution in [1.29, 1.82) is 0 Å². The molecule has 1 N–H and O–H groups in total. The Morgan fingerprint density at radius 3 is 2.71 bits per heavy atom. The monoisotopic (exact) mass is 256 g/mol. The molecule has 0 aliphatic carbocycles. The zero-order chi connectivity index (χ0) is 12.5. The fraction of sp³-hybridized carbons (Fsp3) is 0.500. The summed E-state index contributed by atoms with van der Waals surface area (Å²) in [5.41, 5.74) is 0.268. The minimum Gasteiger partial charge on any atom is -0.457 e. The summed E-state index contributed by atoms with van der Waals surface area (Å²) in [6, 6.07) is 0. The summed E-state index contributed by atoms with van der Waals surface area (Å²) in [4.78, 5) is 22.5. The molecule has 0 fully saturated rings. The smallest absolute Gasteiger partial charge is 0.337 e. The molecule has 0 amide bonds. The first-order valence-electron chi connectivity index (χ1n) is 5.12. The van der Waals surface area contributed by atoms with Gasteiger partial charge >= 0.3 is 5.97 Å². The highest BCUT2D eigenvalue weighted by Crippen LogP contribution is 2.24. The third-order valence-electron chi connectivity index (χ3n) is 2.17. The number of carbonyl (C=O) groups is 1. The van der Waals surface area contributed by atoms with Crippen molar-refractivity contribution in [3.63, 3.8) is 0 Å². The molecule has 1 aliphatic heterocycles. The van der Waals surface area contributed by atoms with Gasteiger partial charge in [-0.15, -0.1) is 0 Å². The maximum atomic E-state index is 11.3. The number of aromatic nitrogens is 2. The second-order valence-electron chi connectivity index (χ2n) is 4.09. The molecule has 2 rings (SSSR count). The van der Waals surface area contributed by atoms with Crippen molar-refractivity contribution in [2.45, 2.75) is 32.5 Å². The number of nitrogens with zero attached hydrogens (tertiary/aromatic N) is 1. The zero-order valence-corrected chi connectivity index (χ0v) is 10.3. The molecule has 0 bridgehead atoms. The zero-order valence-electron chi connectivity index (χ0n) is 9.48. The topological polar surface area (TPSA) is 81.3 Å². The van der Waals surface area contributed by atoms with E-state index >= 15 is 0 Å². The van der Waals surface area contributed by atoms with Crippen LogP contribution in [0.3, 0.4) is 0 Å². The average molecular weight is 256 g/mol. The van der Waals surface area contributed by atoms with Gasteiger partial charge < -0.3 is 9.47 Å². The number of H-pyrrole nitrogens is 1. The molecule has 7 heteroatoms. The van der Waals surface area contributed by atoms with Crippen molar-refractivity contribution < 1.29 is 14.3 Å². The summed E-state index contributed by atoms with van der Waals surface area (Å²) in [6.45, 7) is 3.32. The Labute approximate surface area is 102 Å². The number of ether oxygens (including phenoxy) is 2. The fourth-order valence-corrected chi connectivity index (χ4v) is 2.04. The molecule has 0 saturated carbocycles. The van der Waals surface area contributed by atoms with Crippen LogP contribution in [-0.4, -0.2) is 20.5 Å². The van der Waals surface area contributed by atoms with Crippen LogP contribution in [0.4, 0.5) is 0 Å². The lowest BCUT2D eigenvalue weighted by atomic mass is 10.2. The lowest BCUT2D eigenvalue weighted by molar-refractivity contribution is -0.205. The highest BCUT2D eigenvalue weighted by atomic mass is 32.1. The van der Waals surface area contributed by atoms with Crippen LogP contribution in [0.2, 0.25) is 0 Å². The Morgan fingerprint density at radius 1 is 1.35 bits per heavy atom. The molecule has 0 unspecified atom stereocenters. The average Bonchev–Trinajstić information content (AvgIpc) is 2.58. The summed E-state index contributed by atoms with van der Waals surface area (Å²) < 4.78 is 16.8. The number of allylic oxidation sites excluding steroid dienone is 1. The SMILES string of the molecule is CC1(C)OC(=O)C=C(CCc2ns[nH]c2=O)O1. The largest absolute Gasteiger partial charge is 0.457 e. The maximum Gasteiger partial charge on any atom is 0.337 e. The molecule has 1 aromatic heterocycles. The van der Waals surface area contributed by atoms with E-state index in [1.54, 1.807) is 13.8 Å². The Balaban J connectivity index is 2.03. The summed E-state index contributed by atoms with van der Waals surface area (Å²) in [6.07, 6.45) is 2.19. The third-order valence-corrected chi connectivity index (χ3v) is 2.75. The molecule has 1 aliphatic rings. The molecular formula is C10H12N2O4S. The van der Waals surface area contributed by atoms with Crippen molar-refractivity contribution in [3.05, 3.63) is 27.9 Å². The van der Waals surface area contributed by atoms with E-state index < -0.39 is 11.8 Å². The standard InChI is InChI=1S/C10H12N2O4S/c1-10(2)15-6(5-8(13)16-10)3-4-7-9(14)12-17-11-7/h5H,3-4H2,1-2H3,(H,12,14). The molecule has 0 atom stereocenters. The van der Waals surface area contributed by atoms with Crippen molar-refractivity contribution in [2.75, 3.05) is 0 Å². The van der Waals surface area contributed by atoms with Gasteiger partial charge in [0, 0.05) is 38.4 Å². The van der Waals surface area contributed by atoms with Crippen molar-refractivity contribution in [2.24, 2.45) is 0 Å². The number of rotatable bonds is 3. The Morgan fingerprint density at radius 2 is 2.12 bits per heavy atom. The van der Waals surface area contributed by atoms with Crippen LogP contribution in [0.1, 0.15) is 26.0 Å². The molecule has 0 spiro atoms. The number of carbonyl (C=O) groups excluding carboxylic acids is 1. The lowest BCUT2D eigenvalue weighted by Gasteiger charge is -2.30. The molecule has 92 valence electrons. The molecule has 1 aromatic rings. The molecule has 17 heavy (non-hydrogen) atoms. The van der Waals surface area contributed by atoms with E-state index in [1.165, 1.54) is 6.08 Å². The van der Waals surface area contributed by atoms with E-state index in [2.05, 4.69) is 8.75 Å². The highest BCUT2D eigenvalue weighted by Gasteiger charge is 2.29. The van der Waals surface area contributed by atoms with E-state index in [1.807, 2.05) is 0 Å². The van der Waals surface area contributed by atoms with Crippen LogP contribution >= 0.6 is 11.7 Å². The molecule has 0 radical (unpaired) electrons. The summed E-state index contributed by atoms with van der Waals surface area (Å²) in [7, 11) is 0. The Kier molecular flexibility index (Phi) is 3.01. The number of esters is 1. The maximum absolute atomic E-state index is 11.3. The Hall–Kier alpha value is -1.63. The molecule has 0 aromatic carbocycles. The first kappa shape index (κ1) is 11.8. The fourth-order valence-electron chi connectivity index (χ4n) is 1.51. The van der Waals surface area contributed by atoms with E-state index in [-0.39, 0.29) is 5.56 Å². The van der Waals surface area contributed by atoms with Gasteiger partial charge in [-0.2, -0.15) is 4.37 Å². The van der Waals surface area contributed by atoms with Gasteiger partial charge in [0.2, 0.25) is 5.79 Å². The third kappa shape index (κ3) is 2.94. The van der Waals surface area contributed by atoms with Crippen LogP contribution < -0.4 is 5.56 Å². The minimum atomic E-state index is -0.949. The predicted molar refractivity (Wildman–Crippen MR) is 60.4 cm³/mol. The van der Waals surface area contributed by atoms with Gasteiger partial charge in [-0.05, 0) is 0 Å². The number of aryl methyl sites for hydroxylation is 1. The summed E-state index contributed by atoms with van der Waals surface area (Å²) >= 11 is 1.01. The molecule has 6 nitrogen and oxygen atoms in total. The van der Waals surface area contributed by atoms with Gasteiger partial charge in [-0.25, -0.2) is 4.79 Å². The second kappa shape index (κ2) is 4.33. The molecule has 0 saturated heterocycles. The van der Waals surface area contributed by atoms with Crippen molar-refractivity contribution in [1.82, 2.24) is 8.75 Å². The van der Waals surface area contributed by atoms with Crippen molar-refractivity contribution >= 4 is 17.7 Å². The van der Waals surface area contributed by atoms with E-state index in [4.69, 9.17) is 9.47 Å². The number of hydrogen-bond donors (Lipinski definition) is 1. The van der Waals surface area contributed by atoms with Crippen molar-refractivity contribution in [3.8, 4) is 0 Å². The lowest BCUT2D eigenvalue weighted by Crippen LogP contribution is -2.34. The second-order valence-corrected chi connectivity index (χ2v) is 4.66. The van der Waals surface area contributed by atoms with Crippen LogP contribution in [-0.2, 0) is 20.7 Å². The molecule has 2 heterocycles. The van der Waals surface area contributed by atoms with Gasteiger partial charge in [0.05, 0.1) is 6.08 Å². The number of cyclic esters (lactones) is 1. The minimum absolute atomic E-state index is 0.187. The Bertz CT molecular complexity index is 514. The van der Waals surface area contributed by atoms with E-state index in [9.17, 15) is 9.59 Å². The summed E-state index contributed by atoms with van der Waals surface area (Å²) in [5.74, 6) is -0.863. The van der Waals surface area contributed by atoms with E-state index in [0.29, 0.717) is 24.3 Å².